The number of carbonyl (C=O) groups is 1. The van der Waals surface area contributed by atoms with Gasteiger partial charge >= 0.3 is 6.03 Å². The second-order valence-corrected chi connectivity index (χ2v) is 6.49. The Kier molecular flexibility index (Phi) is 5.33. The predicted molar refractivity (Wildman–Crippen MR) is 93.2 cm³/mol. The van der Waals surface area contributed by atoms with Crippen molar-refractivity contribution in [2.45, 2.75) is 38.6 Å². The number of rotatable bonds is 4. The molecule has 6 nitrogen and oxygen atoms in total. The molecule has 1 fully saturated rings. The molecule has 7 heteroatoms. The Morgan fingerprint density at radius 3 is 2.76 bits per heavy atom. The lowest BCUT2D eigenvalue weighted by atomic mass is 9.85. The molecule has 0 radical (unpaired) electrons. The lowest BCUT2D eigenvalue weighted by molar-refractivity contribution is 0.156. The first-order valence-electron chi connectivity index (χ1n) is 8.58. The van der Waals surface area contributed by atoms with E-state index in [1.165, 1.54) is 12.1 Å². The fourth-order valence-electron chi connectivity index (χ4n) is 3.32. The molecule has 0 saturated heterocycles. The number of urea groups is 1. The second-order valence-electron chi connectivity index (χ2n) is 6.49. The number of nitrogens with one attached hydrogen (secondary N) is 2. The zero-order chi connectivity index (χ0) is 17.8. The normalized spacial score (nSPS) is 20.3. The molecular weight excluding hydrogens is 323 g/mol. The molecule has 2 aromatic rings. The molecule has 25 heavy (non-hydrogen) atoms. The van der Waals surface area contributed by atoms with E-state index in [-0.39, 0.29) is 30.4 Å². The topological polar surface area (TPSA) is 79.2 Å². The van der Waals surface area contributed by atoms with Crippen LogP contribution in [-0.4, -0.2) is 33.6 Å². The van der Waals surface area contributed by atoms with Crippen LogP contribution in [0.2, 0.25) is 0 Å². The minimum atomic E-state index is -0.325. The predicted octanol–water partition coefficient (Wildman–Crippen LogP) is 2.99. The van der Waals surface area contributed by atoms with Crippen LogP contribution in [0.3, 0.4) is 0 Å². The lowest BCUT2D eigenvalue weighted by Crippen LogP contribution is -2.45. The molecule has 0 spiro atoms. The van der Waals surface area contributed by atoms with Gasteiger partial charge in [0.05, 0.1) is 5.69 Å². The van der Waals surface area contributed by atoms with Gasteiger partial charge in [-0.3, -0.25) is 5.32 Å². The summed E-state index contributed by atoms with van der Waals surface area (Å²) in [5, 5.41) is 19.5. The molecule has 134 valence electrons. The van der Waals surface area contributed by atoms with Crippen molar-refractivity contribution in [3.63, 3.8) is 0 Å². The minimum absolute atomic E-state index is 0.0148. The van der Waals surface area contributed by atoms with Gasteiger partial charge in [-0.2, -0.15) is 0 Å². The number of amides is 2. The fraction of sp³-hybridized carbons (Fsp3) is 0.444. The Morgan fingerprint density at radius 1 is 1.32 bits per heavy atom. The monoisotopic (exact) mass is 346 g/mol. The lowest BCUT2D eigenvalue weighted by Gasteiger charge is -2.30. The van der Waals surface area contributed by atoms with E-state index in [2.05, 4.69) is 15.7 Å². The number of hydrogen-bond acceptors (Lipinski definition) is 3. The SMILES string of the molecule is Cc1cc(NC(=O)NC2CCCCC2CO)nn1-c1ccc(F)cc1. The fourth-order valence-corrected chi connectivity index (χ4v) is 3.32. The van der Waals surface area contributed by atoms with E-state index >= 15 is 0 Å². The van der Waals surface area contributed by atoms with Crippen LogP contribution in [0.25, 0.3) is 5.69 Å². The summed E-state index contributed by atoms with van der Waals surface area (Å²) in [6.45, 7) is 1.95. The highest BCUT2D eigenvalue weighted by molar-refractivity contribution is 5.88. The van der Waals surface area contributed by atoms with Crippen molar-refractivity contribution in [3.05, 3.63) is 41.8 Å². The number of carbonyl (C=O) groups excluding carboxylic acids is 1. The van der Waals surface area contributed by atoms with Crippen LogP contribution in [0.5, 0.6) is 0 Å². The highest BCUT2D eigenvalue weighted by Gasteiger charge is 2.26. The van der Waals surface area contributed by atoms with E-state index in [4.69, 9.17) is 0 Å². The Bertz CT molecular complexity index is 729. The summed E-state index contributed by atoms with van der Waals surface area (Å²) in [5.74, 6) is 0.228. The molecule has 1 heterocycles. The minimum Gasteiger partial charge on any atom is -0.396 e. The number of aliphatic hydroxyl groups excluding tert-OH is 1. The van der Waals surface area contributed by atoms with Gasteiger partial charge in [-0.25, -0.2) is 13.9 Å². The first-order valence-corrected chi connectivity index (χ1v) is 8.58. The van der Waals surface area contributed by atoms with Gasteiger partial charge in [0, 0.05) is 30.3 Å². The van der Waals surface area contributed by atoms with Crippen LogP contribution in [0.4, 0.5) is 15.0 Å². The molecule has 1 aliphatic carbocycles. The number of anilines is 1. The van der Waals surface area contributed by atoms with Crippen LogP contribution in [0.1, 0.15) is 31.4 Å². The zero-order valence-electron chi connectivity index (χ0n) is 14.2. The first kappa shape index (κ1) is 17.4. The van der Waals surface area contributed by atoms with Crippen molar-refractivity contribution in [1.29, 1.82) is 0 Å². The molecule has 2 unspecified atom stereocenters. The van der Waals surface area contributed by atoms with Crippen molar-refractivity contribution in [2.75, 3.05) is 11.9 Å². The molecule has 3 N–H and O–H groups in total. The van der Waals surface area contributed by atoms with Crippen LogP contribution >= 0.6 is 0 Å². The number of aliphatic hydroxyl groups is 1. The van der Waals surface area contributed by atoms with Crippen molar-refractivity contribution >= 4 is 11.8 Å². The van der Waals surface area contributed by atoms with Gasteiger partial charge in [-0.15, -0.1) is 5.10 Å². The number of nitrogens with zero attached hydrogens (tertiary/aromatic N) is 2. The van der Waals surface area contributed by atoms with E-state index in [9.17, 15) is 14.3 Å². The van der Waals surface area contributed by atoms with Gasteiger partial charge in [0.25, 0.3) is 0 Å². The summed E-state index contributed by atoms with van der Waals surface area (Å²) >= 11 is 0. The van der Waals surface area contributed by atoms with E-state index in [0.29, 0.717) is 5.82 Å². The Labute approximate surface area is 146 Å². The summed E-state index contributed by atoms with van der Waals surface area (Å²) < 4.78 is 14.7. The van der Waals surface area contributed by atoms with Gasteiger partial charge in [-0.05, 0) is 44.0 Å². The highest BCUT2D eigenvalue weighted by Crippen LogP contribution is 2.24. The summed E-state index contributed by atoms with van der Waals surface area (Å²) in [7, 11) is 0. The second kappa shape index (κ2) is 7.65. The molecule has 1 aromatic heterocycles. The van der Waals surface area contributed by atoms with E-state index < -0.39 is 0 Å². The van der Waals surface area contributed by atoms with Gasteiger partial charge in [0.15, 0.2) is 5.82 Å². The third kappa shape index (κ3) is 4.17. The summed E-state index contributed by atoms with van der Waals surface area (Å²) in [6, 6.07) is 7.42. The van der Waals surface area contributed by atoms with E-state index in [1.807, 2.05) is 6.92 Å². The van der Waals surface area contributed by atoms with Crippen molar-refractivity contribution in [2.24, 2.45) is 5.92 Å². The van der Waals surface area contributed by atoms with E-state index in [1.54, 1.807) is 22.9 Å². The standard InChI is InChI=1S/C18H23FN4O2/c1-12-10-17(22-23(12)15-8-6-14(19)7-9-15)21-18(25)20-16-5-3-2-4-13(16)11-24/h6-10,13,16,24H,2-5,11H2,1H3,(H2,20,21,22,25). The number of halogens is 1. The van der Waals surface area contributed by atoms with Gasteiger partial charge < -0.3 is 10.4 Å². The number of benzene rings is 1. The average molecular weight is 346 g/mol. The molecule has 0 aliphatic heterocycles. The third-order valence-corrected chi connectivity index (χ3v) is 4.66. The molecule has 1 aromatic carbocycles. The highest BCUT2D eigenvalue weighted by atomic mass is 19.1. The number of aryl methyl sites for hydroxylation is 1. The molecule has 1 aliphatic rings. The Hall–Kier alpha value is -2.41. The zero-order valence-corrected chi connectivity index (χ0v) is 14.2. The Morgan fingerprint density at radius 2 is 2.04 bits per heavy atom. The van der Waals surface area contributed by atoms with Crippen molar-refractivity contribution in [1.82, 2.24) is 15.1 Å². The summed E-state index contributed by atoms with van der Waals surface area (Å²) in [6.07, 6.45) is 3.95. The van der Waals surface area contributed by atoms with Gasteiger partial charge in [-0.1, -0.05) is 12.8 Å². The number of hydrogen-bond donors (Lipinski definition) is 3. The molecule has 2 amide bonds. The van der Waals surface area contributed by atoms with Crippen LogP contribution in [0, 0.1) is 18.7 Å². The number of aromatic nitrogens is 2. The maximum Gasteiger partial charge on any atom is 0.320 e. The maximum atomic E-state index is 13.1. The van der Waals surface area contributed by atoms with E-state index in [0.717, 1.165) is 37.1 Å². The molecule has 1 saturated carbocycles. The smallest absolute Gasteiger partial charge is 0.320 e. The van der Waals surface area contributed by atoms with Crippen molar-refractivity contribution < 1.29 is 14.3 Å². The first-order chi connectivity index (χ1) is 12.1. The average Bonchev–Trinajstić information content (AvgIpc) is 2.96. The van der Waals surface area contributed by atoms with Crippen LogP contribution in [-0.2, 0) is 0 Å². The largest absolute Gasteiger partial charge is 0.396 e. The van der Waals surface area contributed by atoms with Gasteiger partial charge in [0.1, 0.15) is 5.82 Å². The molecular formula is C18H23FN4O2. The molecule has 3 rings (SSSR count). The molecule has 2 atom stereocenters. The maximum absolute atomic E-state index is 13.1. The third-order valence-electron chi connectivity index (χ3n) is 4.66. The summed E-state index contributed by atoms with van der Waals surface area (Å²) in [4.78, 5) is 12.2. The molecule has 0 bridgehead atoms. The Balaban J connectivity index is 1.65. The van der Waals surface area contributed by atoms with Crippen molar-refractivity contribution in [3.8, 4) is 5.69 Å². The quantitative estimate of drug-likeness (QED) is 0.796. The van der Waals surface area contributed by atoms with Crippen LogP contribution < -0.4 is 10.6 Å². The van der Waals surface area contributed by atoms with Gasteiger partial charge in [0.2, 0.25) is 0 Å². The van der Waals surface area contributed by atoms with Crippen LogP contribution in [0.15, 0.2) is 30.3 Å². The summed E-state index contributed by atoms with van der Waals surface area (Å²) in [5.41, 5.74) is 1.55.